The van der Waals surface area contributed by atoms with Gasteiger partial charge < -0.3 is 24.6 Å². The topological polar surface area (TPSA) is 77.0 Å². The molecule has 2 rings (SSSR count). The summed E-state index contributed by atoms with van der Waals surface area (Å²) in [5.74, 6) is 0.205. The third-order valence-corrected chi connectivity index (χ3v) is 3.74. The third-order valence-electron chi connectivity index (χ3n) is 3.74. The summed E-state index contributed by atoms with van der Waals surface area (Å²) in [6.07, 6.45) is 0.520. The molecular formula is C15H21NO5. The van der Waals surface area contributed by atoms with E-state index in [1.165, 1.54) is 0 Å². The number of carboxylic acid groups (broad SMARTS) is 1. The van der Waals surface area contributed by atoms with Gasteiger partial charge in [0.2, 0.25) is 0 Å². The Morgan fingerprint density at radius 2 is 1.90 bits per heavy atom. The van der Waals surface area contributed by atoms with Gasteiger partial charge in [-0.2, -0.15) is 0 Å². The first-order valence-electron chi connectivity index (χ1n) is 6.80. The first-order chi connectivity index (χ1) is 10.1. The number of hydrogen-bond acceptors (Lipinski definition) is 5. The SMILES string of the molecule is COCc1cc(OC)c(C2CC(C(=O)O)CN2)c(OC)c1. The van der Waals surface area contributed by atoms with E-state index in [2.05, 4.69) is 5.32 Å². The van der Waals surface area contributed by atoms with Gasteiger partial charge in [0.1, 0.15) is 11.5 Å². The van der Waals surface area contributed by atoms with Crippen LogP contribution in [0.25, 0.3) is 0 Å². The molecule has 0 spiro atoms. The highest BCUT2D eigenvalue weighted by Gasteiger charge is 2.33. The minimum absolute atomic E-state index is 0.0902. The molecule has 2 N–H and O–H groups in total. The number of methoxy groups -OCH3 is 3. The molecule has 0 bridgehead atoms. The number of rotatable bonds is 6. The van der Waals surface area contributed by atoms with Crippen LogP contribution in [0.3, 0.4) is 0 Å². The molecule has 0 aliphatic carbocycles. The Hall–Kier alpha value is -1.79. The average Bonchev–Trinajstić information content (AvgIpc) is 2.96. The Kier molecular flexibility index (Phi) is 5.03. The first-order valence-corrected chi connectivity index (χ1v) is 6.80. The summed E-state index contributed by atoms with van der Waals surface area (Å²) in [6.45, 7) is 0.912. The lowest BCUT2D eigenvalue weighted by Crippen LogP contribution is -2.18. The summed E-state index contributed by atoms with van der Waals surface area (Å²) in [7, 11) is 4.82. The van der Waals surface area contributed by atoms with E-state index >= 15 is 0 Å². The molecule has 116 valence electrons. The van der Waals surface area contributed by atoms with Crippen molar-refractivity contribution in [2.75, 3.05) is 27.9 Å². The summed E-state index contributed by atoms with van der Waals surface area (Å²) in [5, 5.41) is 12.4. The standard InChI is InChI=1S/C15H21NO5/c1-19-8-9-4-12(20-2)14(13(5-9)21-3)11-6-10(7-16-11)15(17)18/h4-5,10-11,16H,6-8H2,1-3H3,(H,17,18). The Morgan fingerprint density at radius 1 is 1.29 bits per heavy atom. The van der Waals surface area contributed by atoms with Crippen LogP contribution in [0.1, 0.15) is 23.6 Å². The fourth-order valence-electron chi connectivity index (χ4n) is 2.73. The minimum atomic E-state index is -0.779. The smallest absolute Gasteiger partial charge is 0.307 e. The zero-order chi connectivity index (χ0) is 15.4. The van der Waals surface area contributed by atoms with Crippen LogP contribution >= 0.6 is 0 Å². The summed E-state index contributed by atoms with van der Waals surface area (Å²) in [4.78, 5) is 11.1. The Labute approximate surface area is 124 Å². The molecule has 1 aromatic carbocycles. The highest BCUT2D eigenvalue weighted by Crippen LogP contribution is 2.40. The summed E-state index contributed by atoms with van der Waals surface area (Å²) in [5.41, 5.74) is 1.81. The summed E-state index contributed by atoms with van der Waals surface area (Å²) >= 11 is 0. The van der Waals surface area contributed by atoms with Gasteiger partial charge >= 0.3 is 5.97 Å². The molecule has 0 saturated carbocycles. The molecule has 2 atom stereocenters. The predicted molar refractivity (Wildman–Crippen MR) is 76.7 cm³/mol. The lowest BCUT2D eigenvalue weighted by Gasteiger charge is -2.20. The van der Waals surface area contributed by atoms with E-state index in [4.69, 9.17) is 19.3 Å². The van der Waals surface area contributed by atoms with E-state index in [-0.39, 0.29) is 12.0 Å². The molecule has 1 heterocycles. The van der Waals surface area contributed by atoms with Crippen LogP contribution in [0.2, 0.25) is 0 Å². The van der Waals surface area contributed by atoms with Crippen LogP contribution in [0.5, 0.6) is 11.5 Å². The van der Waals surface area contributed by atoms with Crippen molar-refractivity contribution in [1.82, 2.24) is 5.32 Å². The van der Waals surface area contributed by atoms with Crippen molar-refractivity contribution in [3.05, 3.63) is 23.3 Å². The van der Waals surface area contributed by atoms with Crippen LogP contribution in [-0.4, -0.2) is 38.9 Å². The van der Waals surface area contributed by atoms with Crippen molar-refractivity contribution in [3.8, 4) is 11.5 Å². The molecule has 1 aromatic rings. The number of aliphatic carboxylic acids is 1. The molecule has 6 nitrogen and oxygen atoms in total. The number of ether oxygens (including phenoxy) is 3. The lowest BCUT2D eigenvalue weighted by atomic mass is 9.97. The van der Waals surface area contributed by atoms with Crippen LogP contribution < -0.4 is 14.8 Å². The quantitative estimate of drug-likeness (QED) is 0.830. The second kappa shape index (κ2) is 6.78. The Balaban J connectivity index is 2.35. The largest absolute Gasteiger partial charge is 0.496 e. The van der Waals surface area contributed by atoms with Gasteiger partial charge in [-0.05, 0) is 24.1 Å². The molecule has 0 amide bonds. The molecule has 1 aliphatic heterocycles. The van der Waals surface area contributed by atoms with E-state index < -0.39 is 5.97 Å². The van der Waals surface area contributed by atoms with Gasteiger partial charge in [0.25, 0.3) is 0 Å². The van der Waals surface area contributed by atoms with E-state index in [1.54, 1.807) is 21.3 Å². The van der Waals surface area contributed by atoms with Crippen molar-refractivity contribution in [2.24, 2.45) is 5.92 Å². The van der Waals surface area contributed by atoms with E-state index in [9.17, 15) is 4.79 Å². The van der Waals surface area contributed by atoms with Gasteiger partial charge in [0, 0.05) is 19.7 Å². The van der Waals surface area contributed by atoms with E-state index in [0.717, 1.165) is 11.1 Å². The van der Waals surface area contributed by atoms with Crippen molar-refractivity contribution >= 4 is 5.97 Å². The molecule has 1 saturated heterocycles. The fourth-order valence-corrected chi connectivity index (χ4v) is 2.73. The maximum absolute atomic E-state index is 11.1. The minimum Gasteiger partial charge on any atom is -0.496 e. The second-order valence-corrected chi connectivity index (χ2v) is 5.08. The second-order valence-electron chi connectivity index (χ2n) is 5.08. The number of hydrogen-bond donors (Lipinski definition) is 2. The maximum atomic E-state index is 11.1. The summed E-state index contributed by atoms with van der Waals surface area (Å²) in [6, 6.07) is 3.71. The predicted octanol–water partition coefficient (Wildman–Crippen LogP) is 1.59. The first kappa shape index (κ1) is 15.6. The lowest BCUT2D eigenvalue weighted by molar-refractivity contribution is -0.141. The zero-order valence-electron chi connectivity index (χ0n) is 12.5. The van der Waals surface area contributed by atoms with Crippen molar-refractivity contribution < 1.29 is 24.1 Å². The van der Waals surface area contributed by atoms with Gasteiger partial charge in [-0.25, -0.2) is 0 Å². The molecule has 6 heteroatoms. The van der Waals surface area contributed by atoms with E-state index in [0.29, 0.717) is 31.1 Å². The summed E-state index contributed by atoms with van der Waals surface area (Å²) < 4.78 is 16.1. The molecular weight excluding hydrogens is 274 g/mol. The van der Waals surface area contributed by atoms with Gasteiger partial charge in [-0.1, -0.05) is 0 Å². The number of nitrogens with one attached hydrogen (secondary N) is 1. The highest BCUT2D eigenvalue weighted by molar-refractivity contribution is 5.71. The Morgan fingerprint density at radius 3 is 2.33 bits per heavy atom. The van der Waals surface area contributed by atoms with Crippen LogP contribution in [0.15, 0.2) is 12.1 Å². The Bertz CT molecular complexity index is 492. The third kappa shape index (κ3) is 3.28. The molecule has 1 aliphatic rings. The molecule has 0 aromatic heterocycles. The van der Waals surface area contributed by atoms with Crippen molar-refractivity contribution in [3.63, 3.8) is 0 Å². The maximum Gasteiger partial charge on any atom is 0.307 e. The van der Waals surface area contributed by atoms with E-state index in [1.807, 2.05) is 12.1 Å². The molecule has 2 unspecified atom stereocenters. The number of benzene rings is 1. The normalized spacial score (nSPS) is 21.3. The van der Waals surface area contributed by atoms with Crippen LogP contribution in [0.4, 0.5) is 0 Å². The van der Waals surface area contributed by atoms with Gasteiger partial charge in [-0.3, -0.25) is 4.79 Å². The van der Waals surface area contributed by atoms with Gasteiger partial charge in [0.05, 0.1) is 32.3 Å². The number of carbonyl (C=O) groups is 1. The molecule has 1 fully saturated rings. The van der Waals surface area contributed by atoms with Crippen molar-refractivity contribution in [1.29, 1.82) is 0 Å². The monoisotopic (exact) mass is 295 g/mol. The zero-order valence-corrected chi connectivity index (χ0v) is 12.5. The van der Waals surface area contributed by atoms with Crippen LogP contribution in [0, 0.1) is 5.92 Å². The highest BCUT2D eigenvalue weighted by atomic mass is 16.5. The van der Waals surface area contributed by atoms with Gasteiger partial charge in [-0.15, -0.1) is 0 Å². The number of carboxylic acids is 1. The average molecular weight is 295 g/mol. The van der Waals surface area contributed by atoms with Crippen LogP contribution in [-0.2, 0) is 16.1 Å². The fraction of sp³-hybridized carbons (Fsp3) is 0.533. The molecule has 0 radical (unpaired) electrons. The van der Waals surface area contributed by atoms with Gasteiger partial charge in [0.15, 0.2) is 0 Å². The van der Waals surface area contributed by atoms with Crippen molar-refractivity contribution in [2.45, 2.75) is 19.1 Å². The molecule has 21 heavy (non-hydrogen) atoms.